The first kappa shape index (κ1) is 19.1. The van der Waals surface area contributed by atoms with Gasteiger partial charge in [0.05, 0.1) is 11.4 Å². The molecule has 24 heavy (non-hydrogen) atoms. The summed E-state index contributed by atoms with van der Waals surface area (Å²) in [5, 5.41) is 1.86. The number of rotatable bonds is 9. The highest BCUT2D eigenvalue weighted by molar-refractivity contribution is 9.22. The molecule has 132 valence electrons. The molecule has 0 aromatic heterocycles. The third-order valence-corrected chi connectivity index (χ3v) is 5.00. The van der Waals surface area contributed by atoms with Crippen LogP contribution >= 0.6 is 27.7 Å². The Morgan fingerprint density at radius 3 is 2.96 bits per heavy atom. The first-order valence-corrected chi connectivity index (χ1v) is 9.52. The van der Waals surface area contributed by atoms with Gasteiger partial charge in [-0.2, -0.15) is 0 Å². The molecule has 0 aliphatic carbocycles. The topological polar surface area (TPSA) is 48.9 Å². The summed E-state index contributed by atoms with van der Waals surface area (Å²) < 4.78 is 15.1. The molecule has 1 heterocycles. The molecular formula is C16H22BrFN4OS. The molecule has 0 spiro atoms. The molecule has 1 aliphatic heterocycles. The van der Waals surface area contributed by atoms with Gasteiger partial charge < -0.3 is 9.74 Å². The molecule has 0 amide bonds. The predicted molar refractivity (Wildman–Crippen MR) is 104 cm³/mol. The zero-order chi connectivity index (χ0) is 17.4. The normalized spacial score (nSPS) is 14.0. The van der Waals surface area contributed by atoms with Crippen molar-refractivity contribution >= 4 is 43.0 Å². The van der Waals surface area contributed by atoms with Crippen LogP contribution in [0.2, 0.25) is 0 Å². The third-order valence-electron chi connectivity index (χ3n) is 3.48. The highest BCUT2D eigenvalue weighted by Gasteiger charge is 2.13. The lowest BCUT2D eigenvalue weighted by atomic mass is 10.2. The Morgan fingerprint density at radius 1 is 1.42 bits per heavy atom. The van der Waals surface area contributed by atoms with E-state index < -0.39 is 0 Å². The number of nitrogens with one attached hydrogen (secondary N) is 2. The van der Waals surface area contributed by atoms with Crippen molar-refractivity contribution in [3.63, 3.8) is 0 Å². The number of nitrogens with zero attached hydrogens (tertiary/aromatic N) is 2. The van der Waals surface area contributed by atoms with Crippen LogP contribution in [0.1, 0.15) is 26.2 Å². The van der Waals surface area contributed by atoms with Crippen LogP contribution in [0.5, 0.6) is 0 Å². The maximum atomic E-state index is 14.2. The first-order chi connectivity index (χ1) is 11.6. The van der Waals surface area contributed by atoms with Gasteiger partial charge in [-0.05, 0) is 34.5 Å². The fourth-order valence-corrected chi connectivity index (χ4v) is 3.14. The van der Waals surface area contributed by atoms with Gasteiger partial charge in [-0.25, -0.2) is 4.39 Å². The van der Waals surface area contributed by atoms with Crippen LogP contribution < -0.4 is 15.9 Å². The highest BCUT2D eigenvalue weighted by atomic mass is 79.9. The van der Waals surface area contributed by atoms with E-state index in [0.29, 0.717) is 23.7 Å². The zero-order valence-electron chi connectivity index (χ0n) is 13.8. The molecule has 0 unspecified atom stereocenters. The molecular weight excluding hydrogens is 395 g/mol. The summed E-state index contributed by atoms with van der Waals surface area (Å²) in [5.74, 6) is 0.423. The van der Waals surface area contributed by atoms with Crippen LogP contribution in [0.3, 0.4) is 0 Å². The van der Waals surface area contributed by atoms with Gasteiger partial charge >= 0.3 is 0 Å². The monoisotopic (exact) mass is 416 g/mol. The number of hydrogen-bond acceptors (Lipinski definition) is 6. The minimum absolute atomic E-state index is 0.262. The molecule has 0 atom stereocenters. The van der Waals surface area contributed by atoms with Crippen molar-refractivity contribution in [3.8, 4) is 0 Å². The summed E-state index contributed by atoms with van der Waals surface area (Å²) in [4.78, 5) is 11.5. The van der Waals surface area contributed by atoms with Gasteiger partial charge in [-0.3, -0.25) is 10.4 Å². The van der Waals surface area contributed by atoms with Crippen LogP contribution in [0.4, 0.5) is 15.8 Å². The Kier molecular flexibility index (Phi) is 7.87. The van der Waals surface area contributed by atoms with Crippen molar-refractivity contribution in [2.75, 3.05) is 30.5 Å². The molecule has 0 saturated carbocycles. The molecule has 0 fully saturated rings. The van der Waals surface area contributed by atoms with E-state index >= 15 is 0 Å². The van der Waals surface area contributed by atoms with E-state index in [9.17, 15) is 4.39 Å². The summed E-state index contributed by atoms with van der Waals surface area (Å²) in [6, 6.07) is 4.94. The Labute approximate surface area is 154 Å². The lowest BCUT2D eigenvalue weighted by Crippen LogP contribution is -2.26. The maximum absolute atomic E-state index is 14.2. The average molecular weight is 417 g/mol. The molecule has 1 aliphatic rings. The molecule has 1 aromatic rings. The standard InChI is InChI=1S/C16H22BrFN4OS/c1-3-4-5-9-22(2)15-13(18)7-6-8-14(15)20-21-23-12-10-19-16(17)24-11-12/h6-8,11,20-21H,3-5,9-10H2,1-2H3. The van der Waals surface area contributed by atoms with Crippen LogP contribution in [-0.2, 0) is 4.84 Å². The van der Waals surface area contributed by atoms with E-state index in [1.165, 1.54) is 17.8 Å². The number of aliphatic imine (C=N–C) groups is 1. The summed E-state index contributed by atoms with van der Waals surface area (Å²) >= 11 is 4.75. The number of halogens is 2. The number of benzene rings is 1. The van der Waals surface area contributed by atoms with Gasteiger partial charge in [0, 0.05) is 19.0 Å². The van der Waals surface area contributed by atoms with Gasteiger partial charge in [0.25, 0.3) is 0 Å². The van der Waals surface area contributed by atoms with E-state index in [0.717, 1.165) is 29.8 Å². The van der Waals surface area contributed by atoms with Crippen molar-refractivity contribution < 1.29 is 9.23 Å². The van der Waals surface area contributed by atoms with Crippen LogP contribution in [0, 0.1) is 5.82 Å². The fraction of sp³-hybridized carbons (Fsp3) is 0.438. The molecule has 0 saturated heterocycles. The van der Waals surface area contributed by atoms with Crippen molar-refractivity contribution in [1.29, 1.82) is 0 Å². The van der Waals surface area contributed by atoms with E-state index in [4.69, 9.17) is 4.84 Å². The Hall–Kier alpha value is -1.25. The quantitative estimate of drug-likeness (QED) is 0.453. The molecule has 2 N–H and O–H groups in total. The number of anilines is 2. The van der Waals surface area contributed by atoms with Crippen LogP contribution in [-0.4, -0.2) is 24.1 Å². The molecule has 0 radical (unpaired) electrons. The largest absolute Gasteiger partial charge is 0.391 e. The Bertz CT molecular complexity index is 612. The van der Waals surface area contributed by atoms with Crippen LogP contribution in [0.15, 0.2) is 34.4 Å². The van der Waals surface area contributed by atoms with Crippen molar-refractivity contribution in [3.05, 3.63) is 35.2 Å². The van der Waals surface area contributed by atoms with Gasteiger partial charge in [-0.1, -0.05) is 43.2 Å². The average Bonchev–Trinajstić information content (AvgIpc) is 2.57. The third kappa shape index (κ3) is 5.68. The van der Waals surface area contributed by atoms with E-state index in [2.05, 4.69) is 38.9 Å². The van der Waals surface area contributed by atoms with Gasteiger partial charge in [0.15, 0.2) is 5.76 Å². The lowest BCUT2D eigenvalue weighted by molar-refractivity contribution is 0.124. The minimum atomic E-state index is -0.262. The minimum Gasteiger partial charge on any atom is -0.391 e. The molecule has 1 aromatic carbocycles. The van der Waals surface area contributed by atoms with Gasteiger partial charge in [0.2, 0.25) is 0 Å². The second-order valence-electron chi connectivity index (χ2n) is 5.36. The van der Waals surface area contributed by atoms with E-state index in [-0.39, 0.29) is 5.82 Å². The predicted octanol–water partition coefficient (Wildman–Crippen LogP) is 4.64. The summed E-state index contributed by atoms with van der Waals surface area (Å²) in [6.45, 7) is 3.40. The second kappa shape index (κ2) is 9.90. The molecule has 5 nitrogen and oxygen atoms in total. The number of thioether (sulfide) groups is 1. The summed E-state index contributed by atoms with van der Waals surface area (Å²) in [5.41, 5.74) is 6.74. The van der Waals surface area contributed by atoms with E-state index in [1.54, 1.807) is 6.07 Å². The van der Waals surface area contributed by atoms with Crippen molar-refractivity contribution in [2.45, 2.75) is 26.2 Å². The van der Waals surface area contributed by atoms with E-state index in [1.807, 2.05) is 23.4 Å². The smallest absolute Gasteiger partial charge is 0.154 e. The molecule has 8 heteroatoms. The Morgan fingerprint density at radius 2 is 2.25 bits per heavy atom. The number of hydrogen-bond donors (Lipinski definition) is 2. The lowest BCUT2D eigenvalue weighted by Gasteiger charge is -2.23. The maximum Gasteiger partial charge on any atom is 0.154 e. The Balaban J connectivity index is 1.93. The molecule has 0 bridgehead atoms. The zero-order valence-corrected chi connectivity index (χ0v) is 16.2. The fourth-order valence-electron chi connectivity index (χ4n) is 2.25. The van der Waals surface area contributed by atoms with Gasteiger partial charge in [0.1, 0.15) is 16.3 Å². The van der Waals surface area contributed by atoms with Crippen LogP contribution in [0.25, 0.3) is 0 Å². The SMILES string of the molecule is CCCCCN(C)c1c(F)cccc1NNOC1=CSC(Br)=NC1. The first-order valence-electron chi connectivity index (χ1n) is 7.85. The highest BCUT2D eigenvalue weighted by Crippen LogP contribution is 2.28. The van der Waals surface area contributed by atoms with Crippen molar-refractivity contribution in [1.82, 2.24) is 5.59 Å². The second-order valence-corrected chi connectivity index (χ2v) is 7.50. The number of para-hydroxylation sites is 1. The van der Waals surface area contributed by atoms with Crippen molar-refractivity contribution in [2.24, 2.45) is 4.99 Å². The molecule has 2 rings (SSSR count). The summed E-state index contributed by atoms with van der Waals surface area (Å²) in [7, 11) is 1.90. The summed E-state index contributed by atoms with van der Waals surface area (Å²) in [6.07, 6.45) is 3.30. The van der Waals surface area contributed by atoms with Gasteiger partial charge in [-0.15, -0.1) is 0 Å². The number of unbranched alkanes of at least 4 members (excludes halogenated alkanes) is 2. The number of hydrazine groups is 1.